The molecule has 1 aliphatic heterocycles. The summed E-state index contributed by atoms with van der Waals surface area (Å²) in [7, 11) is 0. The quantitative estimate of drug-likeness (QED) is 0.513. The molecule has 0 aliphatic carbocycles. The Bertz CT molecular complexity index is 268. The highest BCUT2D eigenvalue weighted by atomic mass is 35.5. The standard InChI is InChI=1S/C8H8Cl2O2/c1-4(2)3-5-6(9)7(10)8(11)12-5/h5H,1,3H2,2H3. The van der Waals surface area contributed by atoms with Gasteiger partial charge in [-0.3, -0.25) is 0 Å². The minimum Gasteiger partial charge on any atom is -0.452 e. The van der Waals surface area contributed by atoms with E-state index >= 15 is 0 Å². The Balaban J connectivity index is 2.73. The number of hydrogen-bond acceptors (Lipinski definition) is 2. The highest BCUT2D eigenvalue weighted by Gasteiger charge is 2.31. The van der Waals surface area contributed by atoms with Crippen LogP contribution in [0.1, 0.15) is 13.3 Å². The summed E-state index contributed by atoms with van der Waals surface area (Å²) in [5.74, 6) is -0.548. The molecule has 0 fully saturated rings. The van der Waals surface area contributed by atoms with Crippen molar-refractivity contribution in [2.75, 3.05) is 0 Å². The zero-order valence-electron chi connectivity index (χ0n) is 6.56. The van der Waals surface area contributed by atoms with Crippen LogP contribution in [0.5, 0.6) is 0 Å². The van der Waals surface area contributed by atoms with E-state index in [1.165, 1.54) is 0 Å². The SMILES string of the molecule is C=C(C)CC1OC(=O)C(Cl)=C1Cl. The first-order valence-electron chi connectivity index (χ1n) is 3.43. The molecule has 1 rings (SSSR count). The second kappa shape index (κ2) is 3.50. The molecule has 0 saturated carbocycles. The summed E-state index contributed by atoms with van der Waals surface area (Å²) < 4.78 is 4.86. The molecule has 0 radical (unpaired) electrons. The lowest BCUT2D eigenvalue weighted by atomic mass is 10.1. The van der Waals surface area contributed by atoms with E-state index in [1.54, 1.807) is 0 Å². The predicted molar refractivity (Wildman–Crippen MR) is 48.0 cm³/mol. The summed E-state index contributed by atoms with van der Waals surface area (Å²) in [4.78, 5) is 10.9. The van der Waals surface area contributed by atoms with Crippen LogP contribution in [-0.4, -0.2) is 12.1 Å². The summed E-state index contributed by atoms with van der Waals surface area (Å²) in [6, 6.07) is 0. The van der Waals surface area contributed by atoms with Gasteiger partial charge in [-0.25, -0.2) is 4.79 Å². The van der Waals surface area contributed by atoms with Crippen molar-refractivity contribution >= 4 is 29.2 Å². The number of cyclic esters (lactones) is 1. The third-order valence-electron chi connectivity index (χ3n) is 1.45. The second-order valence-corrected chi connectivity index (χ2v) is 3.50. The van der Waals surface area contributed by atoms with Crippen molar-refractivity contribution in [3.05, 3.63) is 22.2 Å². The number of rotatable bonds is 2. The van der Waals surface area contributed by atoms with Gasteiger partial charge in [0.15, 0.2) is 0 Å². The molecule has 0 aromatic heterocycles. The largest absolute Gasteiger partial charge is 0.452 e. The highest BCUT2D eigenvalue weighted by Crippen LogP contribution is 2.31. The maximum atomic E-state index is 10.9. The average Bonchev–Trinajstić information content (AvgIpc) is 2.17. The number of hydrogen-bond donors (Lipinski definition) is 0. The van der Waals surface area contributed by atoms with Crippen molar-refractivity contribution in [3.63, 3.8) is 0 Å². The molecule has 66 valence electrons. The fraction of sp³-hybridized carbons (Fsp3) is 0.375. The maximum Gasteiger partial charge on any atom is 0.351 e. The number of ether oxygens (including phenoxy) is 1. The molecule has 12 heavy (non-hydrogen) atoms. The third kappa shape index (κ3) is 1.82. The van der Waals surface area contributed by atoms with Gasteiger partial charge < -0.3 is 4.74 Å². The maximum absolute atomic E-state index is 10.9. The monoisotopic (exact) mass is 206 g/mol. The molecule has 1 atom stereocenters. The highest BCUT2D eigenvalue weighted by molar-refractivity contribution is 6.48. The van der Waals surface area contributed by atoms with Crippen molar-refractivity contribution in [1.82, 2.24) is 0 Å². The molecule has 0 N–H and O–H groups in total. The predicted octanol–water partition coefficient (Wildman–Crippen LogP) is 2.57. The average molecular weight is 207 g/mol. The van der Waals surface area contributed by atoms with E-state index in [2.05, 4.69) is 6.58 Å². The van der Waals surface area contributed by atoms with Gasteiger partial charge in [0, 0.05) is 6.42 Å². The lowest BCUT2D eigenvalue weighted by molar-refractivity contribution is -0.138. The van der Waals surface area contributed by atoms with Gasteiger partial charge in [0.2, 0.25) is 0 Å². The smallest absolute Gasteiger partial charge is 0.351 e. The van der Waals surface area contributed by atoms with Crippen LogP contribution in [0.15, 0.2) is 22.2 Å². The van der Waals surface area contributed by atoms with Crippen LogP contribution in [-0.2, 0) is 9.53 Å². The van der Waals surface area contributed by atoms with Crippen molar-refractivity contribution in [1.29, 1.82) is 0 Å². The minimum atomic E-state index is -0.548. The Hall–Kier alpha value is -0.470. The van der Waals surface area contributed by atoms with Crippen molar-refractivity contribution in [2.24, 2.45) is 0 Å². The summed E-state index contributed by atoms with van der Waals surface area (Å²) in [6.45, 7) is 5.53. The van der Waals surface area contributed by atoms with E-state index in [1.807, 2.05) is 6.92 Å². The molecule has 0 bridgehead atoms. The van der Waals surface area contributed by atoms with Crippen molar-refractivity contribution in [2.45, 2.75) is 19.4 Å². The molecular weight excluding hydrogens is 199 g/mol. The Labute approximate surface area is 80.8 Å². The number of carbonyl (C=O) groups is 1. The van der Waals surface area contributed by atoms with E-state index in [0.29, 0.717) is 6.42 Å². The fourth-order valence-corrected chi connectivity index (χ4v) is 1.28. The van der Waals surface area contributed by atoms with Gasteiger partial charge in [0.05, 0.1) is 5.03 Å². The minimum absolute atomic E-state index is 0.0112. The zero-order valence-corrected chi connectivity index (χ0v) is 8.08. The van der Waals surface area contributed by atoms with E-state index in [-0.39, 0.29) is 10.1 Å². The molecule has 4 heteroatoms. The first-order valence-corrected chi connectivity index (χ1v) is 4.18. The van der Waals surface area contributed by atoms with E-state index in [9.17, 15) is 4.79 Å². The Morgan fingerprint density at radius 3 is 2.58 bits per heavy atom. The Kier molecular flexibility index (Phi) is 2.80. The van der Waals surface area contributed by atoms with Crippen molar-refractivity contribution < 1.29 is 9.53 Å². The lowest BCUT2D eigenvalue weighted by Crippen LogP contribution is -2.09. The van der Waals surface area contributed by atoms with Crippen molar-refractivity contribution in [3.8, 4) is 0 Å². The summed E-state index contributed by atoms with van der Waals surface area (Å²) >= 11 is 11.3. The van der Waals surface area contributed by atoms with Gasteiger partial charge in [-0.15, -0.1) is 0 Å². The molecule has 0 amide bonds. The number of carbonyl (C=O) groups excluding carboxylic acids is 1. The molecule has 1 heterocycles. The Morgan fingerprint density at radius 1 is 1.67 bits per heavy atom. The molecule has 0 saturated heterocycles. The van der Waals surface area contributed by atoms with Gasteiger partial charge in [-0.2, -0.15) is 0 Å². The van der Waals surface area contributed by atoms with Gasteiger partial charge in [-0.05, 0) is 6.92 Å². The summed E-state index contributed by atoms with van der Waals surface area (Å²) in [6.07, 6.45) is 0.102. The first kappa shape index (κ1) is 9.62. The topological polar surface area (TPSA) is 26.3 Å². The summed E-state index contributed by atoms with van der Waals surface area (Å²) in [5.41, 5.74) is 0.900. The molecule has 0 spiro atoms. The van der Waals surface area contributed by atoms with Crippen LogP contribution in [0.2, 0.25) is 0 Å². The molecule has 0 aromatic carbocycles. The van der Waals surface area contributed by atoms with Crippen LogP contribution < -0.4 is 0 Å². The van der Waals surface area contributed by atoms with Gasteiger partial charge in [-0.1, -0.05) is 35.4 Å². The van der Waals surface area contributed by atoms with Gasteiger partial charge >= 0.3 is 5.97 Å². The zero-order chi connectivity index (χ0) is 9.30. The fourth-order valence-electron chi connectivity index (χ4n) is 0.919. The van der Waals surface area contributed by atoms with Crippen LogP contribution in [0.25, 0.3) is 0 Å². The number of esters is 1. The first-order chi connectivity index (χ1) is 5.52. The number of halogens is 2. The van der Waals surface area contributed by atoms with E-state index in [4.69, 9.17) is 27.9 Å². The van der Waals surface area contributed by atoms with Gasteiger partial charge in [0.25, 0.3) is 0 Å². The third-order valence-corrected chi connectivity index (χ3v) is 2.34. The molecular formula is C8H8Cl2O2. The van der Waals surface area contributed by atoms with E-state index in [0.717, 1.165) is 5.57 Å². The van der Waals surface area contributed by atoms with Gasteiger partial charge in [0.1, 0.15) is 11.1 Å². The van der Waals surface area contributed by atoms with Crippen LogP contribution in [0.4, 0.5) is 0 Å². The summed E-state index contributed by atoms with van der Waals surface area (Å²) in [5, 5.41) is 0.271. The molecule has 0 aromatic rings. The normalized spacial score (nSPS) is 22.9. The van der Waals surface area contributed by atoms with Crippen LogP contribution in [0.3, 0.4) is 0 Å². The second-order valence-electron chi connectivity index (χ2n) is 2.72. The van der Waals surface area contributed by atoms with E-state index < -0.39 is 12.1 Å². The van der Waals surface area contributed by atoms with Crippen LogP contribution in [0, 0.1) is 0 Å². The molecule has 1 aliphatic rings. The van der Waals surface area contributed by atoms with Crippen LogP contribution >= 0.6 is 23.2 Å². The molecule has 2 nitrogen and oxygen atoms in total. The molecule has 1 unspecified atom stereocenters. The lowest BCUT2D eigenvalue weighted by Gasteiger charge is -2.08. The Morgan fingerprint density at radius 2 is 2.25 bits per heavy atom.